The minimum atomic E-state index is -0.899. The number of rotatable bonds is 6. The standard InChI is InChI=1S/C21H17ClN2O2S/c22-17-7-3-1-5-14(17)11-23-12-15-13-24(18-8-4-2-6-16(15)18)20-10-9-19(27-20)21(25)26/h1-10,13,23H,11-12H2,(H,25,26). The Hall–Kier alpha value is -2.60. The molecule has 0 fully saturated rings. The number of fused-ring (bicyclic) bond motifs is 1. The SMILES string of the molecule is O=C(O)c1ccc(-n2cc(CNCc3ccccc3Cl)c3ccccc32)s1. The zero-order valence-electron chi connectivity index (χ0n) is 14.4. The lowest BCUT2D eigenvalue weighted by Crippen LogP contribution is -2.12. The van der Waals surface area contributed by atoms with E-state index in [2.05, 4.69) is 22.1 Å². The van der Waals surface area contributed by atoms with Crippen molar-refractivity contribution in [3.05, 3.63) is 87.9 Å². The first-order chi connectivity index (χ1) is 13.1. The maximum Gasteiger partial charge on any atom is 0.345 e. The molecule has 4 aromatic rings. The van der Waals surface area contributed by atoms with Crippen LogP contribution in [0.5, 0.6) is 0 Å². The number of benzene rings is 2. The molecule has 0 saturated carbocycles. The number of carboxylic acid groups (broad SMARTS) is 1. The van der Waals surface area contributed by atoms with Crippen molar-refractivity contribution in [2.45, 2.75) is 13.1 Å². The Morgan fingerprint density at radius 2 is 1.74 bits per heavy atom. The van der Waals surface area contributed by atoms with Gasteiger partial charge in [-0.25, -0.2) is 4.79 Å². The fraction of sp³-hybridized carbons (Fsp3) is 0.0952. The third kappa shape index (κ3) is 3.62. The molecule has 2 aromatic heterocycles. The van der Waals surface area contributed by atoms with Gasteiger partial charge in [0.15, 0.2) is 0 Å². The van der Waals surface area contributed by atoms with Crippen LogP contribution < -0.4 is 5.32 Å². The number of aromatic carboxylic acids is 1. The highest BCUT2D eigenvalue weighted by molar-refractivity contribution is 7.16. The Kier molecular flexibility index (Phi) is 4.99. The van der Waals surface area contributed by atoms with Gasteiger partial charge in [-0.15, -0.1) is 11.3 Å². The number of hydrogen-bond donors (Lipinski definition) is 2. The van der Waals surface area contributed by atoms with Gasteiger partial charge in [0.1, 0.15) is 9.88 Å². The minimum absolute atomic E-state index is 0.334. The van der Waals surface area contributed by atoms with Crippen molar-refractivity contribution in [3.63, 3.8) is 0 Å². The molecule has 0 bridgehead atoms. The van der Waals surface area contributed by atoms with Gasteiger partial charge < -0.3 is 15.0 Å². The third-order valence-corrected chi connectivity index (χ3v) is 5.86. The molecule has 2 N–H and O–H groups in total. The normalized spacial score (nSPS) is 11.1. The number of nitrogens with zero attached hydrogens (tertiary/aromatic N) is 1. The zero-order chi connectivity index (χ0) is 18.8. The summed E-state index contributed by atoms with van der Waals surface area (Å²) in [7, 11) is 0. The number of carbonyl (C=O) groups is 1. The summed E-state index contributed by atoms with van der Waals surface area (Å²) in [5.74, 6) is -0.899. The molecule has 136 valence electrons. The van der Waals surface area contributed by atoms with Crippen molar-refractivity contribution in [1.29, 1.82) is 0 Å². The molecule has 6 heteroatoms. The molecule has 2 aromatic carbocycles. The summed E-state index contributed by atoms with van der Waals surface area (Å²) in [4.78, 5) is 11.5. The summed E-state index contributed by atoms with van der Waals surface area (Å²) in [6, 6.07) is 19.4. The summed E-state index contributed by atoms with van der Waals surface area (Å²) < 4.78 is 2.05. The Morgan fingerprint density at radius 1 is 1.00 bits per heavy atom. The van der Waals surface area contributed by atoms with E-state index in [4.69, 9.17) is 11.6 Å². The molecular formula is C21H17ClN2O2S. The molecule has 0 aliphatic carbocycles. The number of aromatic nitrogens is 1. The second kappa shape index (κ2) is 7.56. The van der Waals surface area contributed by atoms with E-state index in [0.717, 1.165) is 32.1 Å². The molecule has 2 heterocycles. The van der Waals surface area contributed by atoms with Gasteiger partial charge in [0.2, 0.25) is 0 Å². The van der Waals surface area contributed by atoms with Gasteiger partial charge in [0.25, 0.3) is 0 Å². The Balaban J connectivity index is 1.61. The molecule has 0 atom stereocenters. The van der Waals surface area contributed by atoms with Crippen molar-refractivity contribution in [3.8, 4) is 5.00 Å². The number of carboxylic acids is 1. The topological polar surface area (TPSA) is 54.3 Å². The van der Waals surface area contributed by atoms with Gasteiger partial charge in [-0.2, -0.15) is 0 Å². The first-order valence-corrected chi connectivity index (χ1v) is 9.69. The second-order valence-electron chi connectivity index (χ2n) is 6.18. The monoisotopic (exact) mass is 396 g/mol. The van der Waals surface area contributed by atoms with E-state index < -0.39 is 5.97 Å². The van der Waals surface area contributed by atoms with E-state index in [-0.39, 0.29) is 0 Å². The van der Waals surface area contributed by atoms with Crippen LogP contribution in [0, 0.1) is 0 Å². The van der Waals surface area contributed by atoms with Gasteiger partial charge in [-0.1, -0.05) is 48.0 Å². The number of nitrogens with one attached hydrogen (secondary N) is 1. The van der Waals surface area contributed by atoms with Crippen LogP contribution in [-0.2, 0) is 13.1 Å². The quantitative estimate of drug-likeness (QED) is 0.463. The summed E-state index contributed by atoms with van der Waals surface area (Å²) >= 11 is 7.49. The van der Waals surface area contributed by atoms with Crippen LogP contribution >= 0.6 is 22.9 Å². The lowest BCUT2D eigenvalue weighted by molar-refractivity contribution is 0.0702. The summed E-state index contributed by atoms with van der Waals surface area (Å²) in [5.41, 5.74) is 3.28. The van der Waals surface area contributed by atoms with Crippen molar-refractivity contribution < 1.29 is 9.90 Å². The van der Waals surface area contributed by atoms with E-state index in [1.165, 1.54) is 11.3 Å². The summed E-state index contributed by atoms with van der Waals surface area (Å²) in [6.45, 7) is 1.37. The Labute approximate surface area is 165 Å². The highest BCUT2D eigenvalue weighted by atomic mass is 35.5. The van der Waals surface area contributed by atoms with Crippen LogP contribution in [0.3, 0.4) is 0 Å². The van der Waals surface area contributed by atoms with Crippen molar-refractivity contribution >= 4 is 39.8 Å². The summed E-state index contributed by atoms with van der Waals surface area (Å²) in [5, 5.41) is 15.4. The van der Waals surface area contributed by atoms with Crippen LogP contribution in [0.25, 0.3) is 15.9 Å². The van der Waals surface area contributed by atoms with Gasteiger partial charge in [0.05, 0.1) is 5.52 Å². The van der Waals surface area contributed by atoms with Gasteiger partial charge in [0, 0.05) is 29.7 Å². The van der Waals surface area contributed by atoms with Crippen LogP contribution in [-0.4, -0.2) is 15.6 Å². The van der Waals surface area contributed by atoms with E-state index in [1.54, 1.807) is 6.07 Å². The van der Waals surface area contributed by atoms with Crippen LogP contribution in [0.1, 0.15) is 20.8 Å². The summed E-state index contributed by atoms with van der Waals surface area (Å²) in [6.07, 6.45) is 2.07. The second-order valence-corrected chi connectivity index (χ2v) is 7.65. The predicted octanol–water partition coefficient (Wildman–Crippen LogP) is 5.33. The van der Waals surface area contributed by atoms with Gasteiger partial charge in [-0.3, -0.25) is 0 Å². The van der Waals surface area contributed by atoms with Gasteiger partial charge in [-0.05, 0) is 35.4 Å². The van der Waals surface area contributed by atoms with Gasteiger partial charge >= 0.3 is 5.97 Å². The number of halogens is 1. The largest absolute Gasteiger partial charge is 0.477 e. The molecular weight excluding hydrogens is 380 g/mol. The fourth-order valence-corrected chi connectivity index (χ4v) is 4.16. The molecule has 4 nitrogen and oxygen atoms in total. The average Bonchev–Trinajstić information content (AvgIpc) is 3.29. The van der Waals surface area contributed by atoms with Crippen LogP contribution in [0.15, 0.2) is 66.9 Å². The molecule has 27 heavy (non-hydrogen) atoms. The number of para-hydroxylation sites is 1. The van der Waals surface area contributed by atoms with Crippen LogP contribution in [0.2, 0.25) is 5.02 Å². The zero-order valence-corrected chi connectivity index (χ0v) is 15.9. The highest BCUT2D eigenvalue weighted by Crippen LogP contribution is 2.29. The maximum absolute atomic E-state index is 11.2. The molecule has 0 saturated heterocycles. The highest BCUT2D eigenvalue weighted by Gasteiger charge is 2.13. The lowest BCUT2D eigenvalue weighted by atomic mass is 10.1. The predicted molar refractivity (Wildman–Crippen MR) is 110 cm³/mol. The molecule has 0 aliphatic heterocycles. The van der Waals surface area contributed by atoms with E-state index >= 15 is 0 Å². The van der Waals surface area contributed by atoms with E-state index in [1.807, 2.05) is 48.5 Å². The number of thiophene rings is 1. The number of hydrogen-bond acceptors (Lipinski definition) is 3. The molecule has 0 aliphatic rings. The average molecular weight is 397 g/mol. The maximum atomic E-state index is 11.2. The van der Waals surface area contributed by atoms with Crippen molar-refractivity contribution in [2.24, 2.45) is 0 Å². The van der Waals surface area contributed by atoms with Crippen molar-refractivity contribution in [2.75, 3.05) is 0 Å². The molecule has 0 amide bonds. The first-order valence-electron chi connectivity index (χ1n) is 8.50. The van der Waals surface area contributed by atoms with Crippen molar-refractivity contribution in [1.82, 2.24) is 9.88 Å². The molecule has 0 spiro atoms. The molecule has 0 unspecified atom stereocenters. The first kappa shape index (κ1) is 17.8. The fourth-order valence-electron chi connectivity index (χ4n) is 3.12. The molecule has 0 radical (unpaired) electrons. The molecule has 4 rings (SSSR count). The lowest BCUT2D eigenvalue weighted by Gasteiger charge is -2.06. The van der Waals surface area contributed by atoms with E-state index in [9.17, 15) is 9.90 Å². The Morgan fingerprint density at radius 3 is 2.52 bits per heavy atom. The van der Waals surface area contributed by atoms with Crippen LogP contribution in [0.4, 0.5) is 0 Å². The third-order valence-electron chi connectivity index (χ3n) is 4.42. The minimum Gasteiger partial charge on any atom is -0.477 e. The Bertz CT molecular complexity index is 1120. The van der Waals surface area contributed by atoms with E-state index in [0.29, 0.717) is 18.0 Å². The smallest absolute Gasteiger partial charge is 0.345 e.